The number of amides is 2. The zero-order valence-corrected chi connectivity index (χ0v) is 18.3. The highest BCUT2D eigenvalue weighted by molar-refractivity contribution is 9.11. The fourth-order valence-corrected chi connectivity index (χ4v) is 3.88. The molecule has 0 heterocycles. The minimum Gasteiger partial charge on any atom is -0.487 e. The molecule has 0 aromatic heterocycles. The SMILES string of the molecule is CC(=O)Nc1cc(C)cc(COc2c(Br)cc(C(=O)NCC(=O)O)cc2Br)c1. The van der Waals surface area contributed by atoms with E-state index < -0.39 is 18.4 Å². The van der Waals surface area contributed by atoms with Crippen LogP contribution in [-0.2, 0) is 16.2 Å². The van der Waals surface area contributed by atoms with Crippen molar-refractivity contribution in [3.05, 3.63) is 56.0 Å². The molecule has 0 unspecified atom stereocenters. The van der Waals surface area contributed by atoms with E-state index in [1.165, 1.54) is 6.92 Å². The Hall–Kier alpha value is -2.39. The zero-order chi connectivity index (χ0) is 20.8. The third-order valence-electron chi connectivity index (χ3n) is 3.50. The maximum Gasteiger partial charge on any atom is 0.322 e. The van der Waals surface area contributed by atoms with E-state index in [9.17, 15) is 14.4 Å². The van der Waals surface area contributed by atoms with Crippen molar-refractivity contribution in [3.63, 3.8) is 0 Å². The molecule has 2 rings (SSSR count). The van der Waals surface area contributed by atoms with Crippen molar-refractivity contribution in [1.82, 2.24) is 5.32 Å². The van der Waals surface area contributed by atoms with Gasteiger partial charge in [-0.2, -0.15) is 0 Å². The molecule has 0 saturated heterocycles. The van der Waals surface area contributed by atoms with Gasteiger partial charge < -0.3 is 20.5 Å². The number of hydrogen-bond donors (Lipinski definition) is 3. The molecule has 0 fully saturated rings. The van der Waals surface area contributed by atoms with Crippen LogP contribution in [0, 0.1) is 6.92 Å². The number of rotatable bonds is 7. The Morgan fingerprint density at radius 2 is 1.71 bits per heavy atom. The average Bonchev–Trinajstić information content (AvgIpc) is 2.57. The Labute approximate surface area is 178 Å². The number of benzene rings is 2. The van der Waals surface area contributed by atoms with Crippen molar-refractivity contribution in [2.45, 2.75) is 20.5 Å². The number of aliphatic carboxylic acids is 1. The largest absolute Gasteiger partial charge is 0.487 e. The summed E-state index contributed by atoms with van der Waals surface area (Å²) in [6, 6.07) is 8.73. The fourth-order valence-electron chi connectivity index (χ4n) is 2.46. The number of nitrogens with one attached hydrogen (secondary N) is 2. The second-order valence-corrected chi connectivity index (χ2v) is 7.73. The van der Waals surface area contributed by atoms with Gasteiger partial charge in [0, 0.05) is 18.2 Å². The quantitative estimate of drug-likeness (QED) is 0.521. The Morgan fingerprint density at radius 3 is 2.29 bits per heavy atom. The summed E-state index contributed by atoms with van der Waals surface area (Å²) in [5, 5.41) is 13.7. The molecule has 0 aliphatic rings. The van der Waals surface area contributed by atoms with E-state index in [2.05, 4.69) is 42.5 Å². The minimum absolute atomic E-state index is 0.153. The van der Waals surface area contributed by atoms with Crippen molar-refractivity contribution < 1.29 is 24.2 Å². The minimum atomic E-state index is -1.12. The molecule has 2 amide bonds. The molecule has 2 aromatic carbocycles. The first kappa shape index (κ1) is 21.9. The van der Waals surface area contributed by atoms with Gasteiger partial charge in [0.25, 0.3) is 5.91 Å². The first-order valence-corrected chi connectivity index (χ1v) is 9.74. The third kappa shape index (κ3) is 6.35. The molecule has 0 radical (unpaired) electrons. The van der Waals surface area contributed by atoms with E-state index in [-0.39, 0.29) is 18.1 Å². The summed E-state index contributed by atoms with van der Waals surface area (Å²) in [5.74, 6) is -1.28. The predicted molar refractivity (Wildman–Crippen MR) is 112 cm³/mol. The van der Waals surface area contributed by atoms with Crippen LogP contribution in [0.4, 0.5) is 5.69 Å². The highest BCUT2D eigenvalue weighted by Crippen LogP contribution is 2.35. The van der Waals surface area contributed by atoms with Crippen LogP contribution in [0.3, 0.4) is 0 Å². The highest BCUT2D eigenvalue weighted by Gasteiger charge is 2.14. The number of anilines is 1. The van der Waals surface area contributed by atoms with Crippen LogP contribution in [0.25, 0.3) is 0 Å². The first-order valence-electron chi connectivity index (χ1n) is 8.15. The number of hydrogen-bond acceptors (Lipinski definition) is 4. The lowest BCUT2D eigenvalue weighted by Gasteiger charge is -2.13. The Kier molecular flexibility index (Phi) is 7.59. The van der Waals surface area contributed by atoms with Crippen LogP contribution in [0.1, 0.15) is 28.4 Å². The Balaban J connectivity index is 2.15. The summed E-state index contributed by atoms with van der Waals surface area (Å²) in [6.07, 6.45) is 0. The number of carbonyl (C=O) groups excluding carboxylic acids is 2. The van der Waals surface area contributed by atoms with Gasteiger partial charge >= 0.3 is 5.97 Å². The normalized spacial score (nSPS) is 10.3. The maximum absolute atomic E-state index is 12.0. The standard InChI is InChI=1S/C19H18Br2N2O5/c1-10-3-12(5-14(4-10)23-11(2)24)9-28-18-15(20)6-13(7-16(18)21)19(27)22-8-17(25)26/h3-7H,8-9H2,1-2H3,(H,22,27)(H,23,24)(H,25,26). The van der Waals surface area contributed by atoms with Gasteiger partial charge in [0.2, 0.25) is 5.91 Å². The summed E-state index contributed by atoms with van der Waals surface area (Å²) >= 11 is 6.75. The van der Waals surface area contributed by atoms with Crippen LogP contribution in [0.5, 0.6) is 5.75 Å². The van der Waals surface area contributed by atoms with Gasteiger partial charge in [-0.3, -0.25) is 14.4 Å². The predicted octanol–water partition coefficient (Wildman–Crippen LogP) is 3.87. The molecule has 148 valence electrons. The molecular formula is C19H18Br2N2O5. The molecule has 9 heteroatoms. The molecule has 28 heavy (non-hydrogen) atoms. The van der Waals surface area contributed by atoms with E-state index in [4.69, 9.17) is 9.84 Å². The number of carboxylic acid groups (broad SMARTS) is 1. The zero-order valence-electron chi connectivity index (χ0n) is 15.1. The molecule has 0 spiro atoms. The van der Waals surface area contributed by atoms with E-state index in [1.807, 2.05) is 25.1 Å². The maximum atomic E-state index is 12.0. The summed E-state index contributed by atoms with van der Waals surface area (Å²) in [5.41, 5.74) is 2.82. The number of ether oxygens (including phenoxy) is 1. The average molecular weight is 514 g/mol. The van der Waals surface area contributed by atoms with Crippen molar-refractivity contribution in [1.29, 1.82) is 0 Å². The lowest BCUT2D eigenvalue weighted by molar-refractivity contribution is -0.135. The fraction of sp³-hybridized carbons (Fsp3) is 0.211. The smallest absolute Gasteiger partial charge is 0.322 e. The lowest BCUT2D eigenvalue weighted by Crippen LogP contribution is -2.29. The number of carboxylic acids is 1. The van der Waals surface area contributed by atoms with Crippen molar-refractivity contribution in [2.24, 2.45) is 0 Å². The van der Waals surface area contributed by atoms with E-state index >= 15 is 0 Å². The monoisotopic (exact) mass is 512 g/mol. The van der Waals surface area contributed by atoms with Gasteiger partial charge in [0.05, 0.1) is 8.95 Å². The molecule has 3 N–H and O–H groups in total. The second kappa shape index (κ2) is 9.70. The Bertz CT molecular complexity index is 908. The van der Waals surface area contributed by atoms with Crippen LogP contribution < -0.4 is 15.4 Å². The molecule has 0 bridgehead atoms. The summed E-state index contributed by atoms with van der Waals surface area (Å²) < 4.78 is 6.95. The van der Waals surface area contributed by atoms with Crippen LogP contribution in [0.2, 0.25) is 0 Å². The first-order chi connectivity index (χ1) is 13.2. The topological polar surface area (TPSA) is 105 Å². The van der Waals surface area contributed by atoms with Crippen LogP contribution >= 0.6 is 31.9 Å². The second-order valence-electron chi connectivity index (χ2n) is 6.02. The van der Waals surface area contributed by atoms with E-state index in [1.54, 1.807) is 12.1 Å². The number of carbonyl (C=O) groups is 3. The van der Waals surface area contributed by atoms with Gasteiger partial charge in [-0.25, -0.2) is 0 Å². The molecule has 2 aromatic rings. The van der Waals surface area contributed by atoms with Gasteiger partial charge in [0.15, 0.2) is 0 Å². The van der Waals surface area contributed by atoms with E-state index in [0.717, 1.165) is 11.1 Å². The molecule has 7 nitrogen and oxygen atoms in total. The lowest BCUT2D eigenvalue weighted by atomic mass is 10.1. The van der Waals surface area contributed by atoms with Crippen molar-refractivity contribution in [3.8, 4) is 5.75 Å². The molecule has 0 aliphatic carbocycles. The third-order valence-corrected chi connectivity index (χ3v) is 4.68. The van der Waals surface area contributed by atoms with Gasteiger partial charge in [0.1, 0.15) is 18.9 Å². The van der Waals surface area contributed by atoms with Gasteiger partial charge in [-0.1, -0.05) is 6.07 Å². The van der Waals surface area contributed by atoms with Gasteiger partial charge in [-0.05, 0) is 74.2 Å². The van der Waals surface area contributed by atoms with Crippen LogP contribution in [0.15, 0.2) is 39.3 Å². The van der Waals surface area contributed by atoms with Gasteiger partial charge in [-0.15, -0.1) is 0 Å². The summed E-state index contributed by atoms with van der Waals surface area (Å²) in [6.45, 7) is 3.15. The molecule has 0 atom stereocenters. The number of aryl methyl sites for hydroxylation is 1. The Morgan fingerprint density at radius 1 is 1.07 bits per heavy atom. The number of halogens is 2. The van der Waals surface area contributed by atoms with Crippen molar-refractivity contribution >= 4 is 55.3 Å². The summed E-state index contributed by atoms with van der Waals surface area (Å²) in [4.78, 5) is 33.8. The van der Waals surface area contributed by atoms with Crippen molar-refractivity contribution in [2.75, 3.05) is 11.9 Å². The molecule has 0 saturated carbocycles. The molecular weight excluding hydrogens is 496 g/mol. The van der Waals surface area contributed by atoms with Crippen LogP contribution in [-0.4, -0.2) is 29.4 Å². The molecule has 0 aliphatic heterocycles. The van der Waals surface area contributed by atoms with E-state index in [0.29, 0.717) is 20.4 Å². The highest BCUT2D eigenvalue weighted by atomic mass is 79.9. The summed E-state index contributed by atoms with van der Waals surface area (Å²) in [7, 11) is 0.